The third-order valence-electron chi connectivity index (χ3n) is 3.27. The van der Waals surface area contributed by atoms with E-state index < -0.39 is 0 Å². The van der Waals surface area contributed by atoms with Crippen LogP contribution in [0.2, 0.25) is 5.02 Å². The van der Waals surface area contributed by atoms with E-state index in [0.717, 1.165) is 22.3 Å². The lowest BCUT2D eigenvalue weighted by Gasteiger charge is -2.26. The molecule has 1 aromatic carbocycles. The first kappa shape index (κ1) is 16.0. The van der Waals surface area contributed by atoms with Crippen molar-refractivity contribution in [1.82, 2.24) is 5.32 Å². The molecule has 0 aliphatic heterocycles. The van der Waals surface area contributed by atoms with Crippen LogP contribution in [0, 0.1) is 0 Å². The SMILES string of the molecule is CNC(CCC(C)(C)OC)c1cc(Cl)ccc1Br. The summed E-state index contributed by atoms with van der Waals surface area (Å²) in [4.78, 5) is 0. The number of rotatable bonds is 6. The maximum absolute atomic E-state index is 6.06. The molecular formula is C14H21BrClNO. The third kappa shape index (κ3) is 4.54. The fourth-order valence-corrected chi connectivity index (χ4v) is 2.53. The lowest BCUT2D eigenvalue weighted by atomic mass is 9.95. The molecule has 0 aromatic heterocycles. The molecule has 0 saturated heterocycles. The Hall–Kier alpha value is -0.0900. The first-order valence-electron chi connectivity index (χ1n) is 6.07. The van der Waals surface area contributed by atoms with Crippen molar-refractivity contribution < 1.29 is 4.74 Å². The molecule has 1 aromatic rings. The molecular weight excluding hydrogens is 314 g/mol. The van der Waals surface area contributed by atoms with Gasteiger partial charge in [0, 0.05) is 22.6 Å². The number of benzene rings is 1. The van der Waals surface area contributed by atoms with Gasteiger partial charge in [0.2, 0.25) is 0 Å². The number of halogens is 2. The van der Waals surface area contributed by atoms with Crippen LogP contribution in [0.15, 0.2) is 22.7 Å². The minimum absolute atomic E-state index is 0.0971. The zero-order valence-corrected chi connectivity index (χ0v) is 13.7. The van der Waals surface area contributed by atoms with E-state index in [1.165, 1.54) is 5.56 Å². The van der Waals surface area contributed by atoms with Gasteiger partial charge in [0.1, 0.15) is 0 Å². The number of nitrogens with one attached hydrogen (secondary N) is 1. The second kappa shape index (κ2) is 6.90. The highest BCUT2D eigenvalue weighted by molar-refractivity contribution is 9.10. The van der Waals surface area contributed by atoms with Gasteiger partial charge < -0.3 is 10.1 Å². The summed E-state index contributed by atoms with van der Waals surface area (Å²) >= 11 is 9.64. The second-order valence-corrected chi connectivity index (χ2v) is 6.30. The third-order valence-corrected chi connectivity index (χ3v) is 4.23. The molecule has 1 rings (SSSR count). The Morgan fingerprint density at radius 1 is 1.44 bits per heavy atom. The van der Waals surface area contributed by atoms with E-state index in [1.54, 1.807) is 7.11 Å². The van der Waals surface area contributed by atoms with E-state index in [-0.39, 0.29) is 11.6 Å². The van der Waals surface area contributed by atoms with Crippen LogP contribution >= 0.6 is 27.5 Å². The molecule has 0 radical (unpaired) electrons. The lowest BCUT2D eigenvalue weighted by molar-refractivity contribution is 0.0118. The van der Waals surface area contributed by atoms with Crippen LogP contribution in [0.3, 0.4) is 0 Å². The predicted octanol–water partition coefficient (Wildman–Crippen LogP) is 4.57. The van der Waals surface area contributed by atoms with E-state index in [0.29, 0.717) is 0 Å². The van der Waals surface area contributed by atoms with Gasteiger partial charge in [0.15, 0.2) is 0 Å². The Bertz CT molecular complexity index is 395. The summed E-state index contributed by atoms with van der Waals surface area (Å²) in [7, 11) is 3.72. The molecule has 4 heteroatoms. The Morgan fingerprint density at radius 3 is 2.67 bits per heavy atom. The largest absolute Gasteiger partial charge is 0.379 e. The van der Waals surface area contributed by atoms with Crippen molar-refractivity contribution in [2.45, 2.75) is 38.3 Å². The summed E-state index contributed by atoms with van der Waals surface area (Å²) in [5.41, 5.74) is 1.09. The minimum Gasteiger partial charge on any atom is -0.379 e. The van der Waals surface area contributed by atoms with Crippen molar-refractivity contribution in [3.05, 3.63) is 33.3 Å². The fourth-order valence-electron chi connectivity index (χ4n) is 1.83. The standard InChI is InChI=1S/C14H21BrClNO/c1-14(2,18-4)8-7-13(17-3)11-9-10(16)5-6-12(11)15/h5-6,9,13,17H,7-8H2,1-4H3. The molecule has 0 heterocycles. The molecule has 0 bridgehead atoms. The molecule has 1 N–H and O–H groups in total. The summed E-state index contributed by atoms with van der Waals surface area (Å²) < 4.78 is 6.54. The van der Waals surface area contributed by atoms with E-state index in [2.05, 4.69) is 35.1 Å². The van der Waals surface area contributed by atoms with Gasteiger partial charge in [-0.1, -0.05) is 27.5 Å². The quantitative estimate of drug-likeness (QED) is 0.823. The number of hydrogen-bond donors (Lipinski definition) is 1. The van der Waals surface area contributed by atoms with E-state index >= 15 is 0 Å². The zero-order valence-electron chi connectivity index (χ0n) is 11.4. The summed E-state index contributed by atoms with van der Waals surface area (Å²) in [5.74, 6) is 0. The van der Waals surface area contributed by atoms with Crippen molar-refractivity contribution in [1.29, 1.82) is 0 Å². The van der Waals surface area contributed by atoms with E-state index in [9.17, 15) is 0 Å². The van der Waals surface area contributed by atoms with Crippen LogP contribution in [0.4, 0.5) is 0 Å². The smallest absolute Gasteiger partial charge is 0.0623 e. The minimum atomic E-state index is -0.0971. The Labute approximate surface area is 123 Å². The molecule has 0 amide bonds. The molecule has 2 nitrogen and oxygen atoms in total. The first-order chi connectivity index (χ1) is 8.39. The monoisotopic (exact) mass is 333 g/mol. The van der Waals surface area contributed by atoms with Crippen LogP contribution in [0.1, 0.15) is 38.3 Å². The summed E-state index contributed by atoms with van der Waals surface area (Å²) in [6, 6.07) is 6.16. The number of methoxy groups -OCH3 is 1. The highest BCUT2D eigenvalue weighted by Crippen LogP contribution is 2.31. The Morgan fingerprint density at radius 2 is 2.11 bits per heavy atom. The molecule has 0 fully saturated rings. The van der Waals surface area contributed by atoms with Gasteiger partial charge in [-0.05, 0) is 57.5 Å². The lowest BCUT2D eigenvalue weighted by Crippen LogP contribution is -2.26. The molecule has 102 valence electrons. The average Bonchev–Trinajstić information content (AvgIpc) is 2.34. The molecule has 1 unspecified atom stereocenters. The van der Waals surface area contributed by atoms with Gasteiger partial charge in [-0.25, -0.2) is 0 Å². The van der Waals surface area contributed by atoms with Crippen LogP contribution < -0.4 is 5.32 Å². The molecule has 0 aliphatic rings. The van der Waals surface area contributed by atoms with Crippen molar-refractivity contribution >= 4 is 27.5 Å². The van der Waals surface area contributed by atoms with Crippen LogP contribution in [-0.4, -0.2) is 19.8 Å². The average molecular weight is 335 g/mol. The second-order valence-electron chi connectivity index (χ2n) is 5.01. The Kier molecular flexibility index (Phi) is 6.12. The summed E-state index contributed by atoms with van der Waals surface area (Å²) in [5, 5.41) is 4.10. The van der Waals surface area contributed by atoms with Gasteiger partial charge in [-0.3, -0.25) is 0 Å². The van der Waals surface area contributed by atoms with Crippen LogP contribution in [-0.2, 0) is 4.74 Å². The van der Waals surface area contributed by atoms with Gasteiger partial charge in [0.25, 0.3) is 0 Å². The molecule has 0 saturated carbocycles. The topological polar surface area (TPSA) is 21.3 Å². The first-order valence-corrected chi connectivity index (χ1v) is 7.24. The summed E-state index contributed by atoms with van der Waals surface area (Å²) in [6.07, 6.45) is 1.98. The van der Waals surface area contributed by atoms with E-state index in [4.69, 9.17) is 16.3 Å². The van der Waals surface area contributed by atoms with Crippen molar-refractivity contribution in [3.63, 3.8) is 0 Å². The number of hydrogen-bond acceptors (Lipinski definition) is 2. The maximum atomic E-state index is 6.06. The number of ether oxygens (including phenoxy) is 1. The van der Waals surface area contributed by atoms with Crippen molar-refractivity contribution in [2.75, 3.05) is 14.2 Å². The van der Waals surface area contributed by atoms with Crippen LogP contribution in [0.5, 0.6) is 0 Å². The fraction of sp³-hybridized carbons (Fsp3) is 0.571. The normalized spacial score (nSPS) is 13.7. The highest BCUT2D eigenvalue weighted by Gasteiger charge is 2.20. The van der Waals surface area contributed by atoms with Crippen LogP contribution in [0.25, 0.3) is 0 Å². The maximum Gasteiger partial charge on any atom is 0.0623 e. The van der Waals surface area contributed by atoms with Gasteiger partial charge in [-0.2, -0.15) is 0 Å². The zero-order chi connectivity index (χ0) is 13.8. The van der Waals surface area contributed by atoms with Gasteiger partial charge in [-0.15, -0.1) is 0 Å². The molecule has 0 aliphatic carbocycles. The predicted molar refractivity (Wildman–Crippen MR) is 81.3 cm³/mol. The molecule has 18 heavy (non-hydrogen) atoms. The van der Waals surface area contributed by atoms with Gasteiger partial charge in [0.05, 0.1) is 5.60 Å². The van der Waals surface area contributed by atoms with Gasteiger partial charge >= 0.3 is 0 Å². The van der Waals surface area contributed by atoms with E-state index in [1.807, 2.05) is 25.2 Å². The highest BCUT2D eigenvalue weighted by atomic mass is 79.9. The Balaban J connectivity index is 2.80. The molecule has 0 spiro atoms. The summed E-state index contributed by atoms with van der Waals surface area (Å²) in [6.45, 7) is 4.21. The molecule has 1 atom stereocenters. The van der Waals surface area contributed by atoms with Crippen molar-refractivity contribution in [2.24, 2.45) is 0 Å². The van der Waals surface area contributed by atoms with Crippen molar-refractivity contribution in [3.8, 4) is 0 Å².